The molecule has 0 aromatic carbocycles. The molecule has 0 atom stereocenters. The van der Waals surface area contributed by atoms with Crippen LogP contribution in [0, 0.1) is 6.92 Å². The number of hydrogen-bond acceptors (Lipinski definition) is 3. The second kappa shape index (κ2) is 5.91. The molecule has 1 aromatic rings. The van der Waals surface area contributed by atoms with Gasteiger partial charge in [0.25, 0.3) is 0 Å². The monoisotopic (exact) mass is 270 g/mol. The lowest BCUT2D eigenvalue weighted by molar-refractivity contribution is 0.0702. The summed E-state index contributed by atoms with van der Waals surface area (Å²) < 4.78 is 0. The van der Waals surface area contributed by atoms with Crippen LogP contribution in [0.15, 0.2) is 6.07 Å². The van der Waals surface area contributed by atoms with Gasteiger partial charge in [0.1, 0.15) is 4.88 Å². The normalized spacial score (nSPS) is 17.2. The van der Waals surface area contributed by atoms with Crippen LogP contribution in [-0.4, -0.2) is 16.3 Å². The third-order valence-corrected chi connectivity index (χ3v) is 5.76. The SMILES string of the molecule is Cc1sc(C(=O)O)cc1CSC1CCCCC1. The Balaban J connectivity index is 1.91. The number of aryl methyl sites for hydroxylation is 1. The number of carbonyl (C=O) groups is 1. The number of carboxylic acid groups (broad SMARTS) is 1. The molecular weight excluding hydrogens is 252 g/mol. The van der Waals surface area contributed by atoms with Crippen molar-refractivity contribution >= 4 is 29.1 Å². The molecule has 1 saturated carbocycles. The Morgan fingerprint density at radius 3 is 2.76 bits per heavy atom. The van der Waals surface area contributed by atoms with Crippen molar-refractivity contribution in [2.45, 2.75) is 50.0 Å². The summed E-state index contributed by atoms with van der Waals surface area (Å²) in [5, 5.41) is 9.73. The van der Waals surface area contributed by atoms with Crippen molar-refractivity contribution in [3.05, 3.63) is 21.4 Å². The summed E-state index contributed by atoms with van der Waals surface area (Å²) in [4.78, 5) is 12.5. The van der Waals surface area contributed by atoms with Gasteiger partial charge in [0.2, 0.25) is 0 Å². The number of rotatable bonds is 4. The molecule has 1 N–H and O–H groups in total. The van der Waals surface area contributed by atoms with Gasteiger partial charge >= 0.3 is 5.97 Å². The minimum atomic E-state index is -0.799. The molecule has 0 bridgehead atoms. The van der Waals surface area contributed by atoms with E-state index in [1.54, 1.807) is 0 Å². The highest BCUT2D eigenvalue weighted by Gasteiger charge is 2.16. The molecule has 94 valence electrons. The first-order valence-electron chi connectivity index (χ1n) is 6.11. The van der Waals surface area contributed by atoms with E-state index in [1.165, 1.54) is 49.0 Å². The van der Waals surface area contributed by atoms with Crippen molar-refractivity contribution in [2.75, 3.05) is 0 Å². The van der Waals surface area contributed by atoms with Crippen LogP contribution in [0.3, 0.4) is 0 Å². The van der Waals surface area contributed by atoms with E-state index in [-0.39, 0.29) is 0 Å². The second-order valence-corrected chi connectivity index (χ2v) is 7.11. The maximum absolute atomic E-state index is 10.9. The predicted octanol–water partition coefficient (Wildman–Crippen LogP) is 4.32. The predicted molar refractivity (Wildman–Crippen MR) is 74.2 cm³/mol. The van der Waals surface area contributed by atoms with Crippen LogP contribution in [-0.2, 0) is 5.75 Å². The molecule has 4 heteroatoms. The highest BCUT2D eigenvalue weighted by molar-refractivity contribution is 7.99. The van der Waals surface area contributed by atoms with Gasteiger partial charge in [0.15, 0.2) is 0 Å². The van der Waals surface area contributed by atoms with Gasteiger partial charge in [0, 0.05) is 15.9 Å². The van der Waals surface area contributed by atoms with Crippen molar-refractivity contribution in [1.29, 1.82) is 0 Å². The largest absolute Gasteiger partial charge is 0.477 e. The average Bonchev–Trinajstić information content (AvgIpc) is 2.70. The molecule has 1 aliphatic rings. The van der Waals surface area contributed by atoms with Gasteiger partial charge in [-0.15, -0.1) is 11.3 Å². The molecule has 2 rings (SSSR count). The van der Waals surface area contributed by atoms with E-state index in [0.29, 0.717) is 4.88 Å². The average molecular weight is 270 g/mol. The molecule has 0 unspecified atom stereocenters. The number of carboxylic acids is 1. The van der Waals surface area contributed by atoms with Crippen LogP contribution in [0.2, 0.25) is 0 Å². The van der Waals surface area contributed by atoms with Gasteiger partial charge in [0.05, 0.1) is 0 Å². The van der Waals surface area contributed by atoms with E-state index in [0.717, 1.165) is 15.9 Å². The van der Waals surface area contributed by atoms with Gasteiger partial charge < -0.3 is 5.11 Å². The highest BCUT2D eigenvalue weighted by atomic mass is 32.2. The molecule has 2 nitrogen and oxygen atoms in total. The zero-order valence-corrected chi connectivity index (χ0v) is 11.7. The van der Waals surface area contributed by atoms with Crippen molar-refractivity contribution in [3.63, 3.8) is 0 Å². The van der Waals surface area contributed by atoms with Crippen molar-refractivity contribution in [2.24, 2.45) is 0 Å². The quantitative estimate of drug-likeness (QED) is 0.885. The summed E-state index contributed by atoms with van der Waals surface area (Å²) in [6.45, 7) is 2.02. The van der Waals surface area contributed by atoms with Gasteiger partial charge in [-0.3, -0.25) is 0 Å². The zero-order chi connectivity index (χ0) is 12.3. The Morgan fingerprint density at radius 1 is 1.47 bits per heavy atom. The van der Waals surface area contributed by atoms with Crippen molar-refractivity contribution < 1.29 is 9.90 Å². The Labute approximate surface area is 110 Å². The standard InChI is InChI=1S/C13H18O2S2/c1-9-10(7-12(17-9)13(14)15)8-16-11-5-3-2-4-6-11/h7,11H,2-6,8H2,1H3,(H,14,15). The summed E-state index contributed by atoms with van der Waals surface area (Å²) in [5.74, 6) is 0.173. The Morgan fingerprint density at radius 2 is 2.18 bits per heavy atom. The lowest BCUT2D eigenvalue weighted by atomic mass is 10.0. The van der Waals surface area contributed by atoms with Gasteiger partial charge in [-0.05, 0) is 31.4 Å². The van der Waals surface area contributed by atoms with Crippen LogP contribution >= 0.6 is 23.1 Å². The van der Waals surface area contributed by atoms with E-state index in [4.69, 9.17) is 5.11 Å². The minimum absolute atomic E-state index is 0.474. The van der Waals surface area contributed by atoms with Crippen LogP contribution in [0.1, 0.15) is 52.2 Å². The Bertz CT molecular complexity index is 392. The lowest BCUT2D eigenvalue weighted by Crippen LogP contribution is -2.08. The third kappa shape index (κ3) is 3.49. The van der Waals surface area contributed by atoms with Gasteiger partial charge in [-0.2, -0.15) is 11.8 Å². The summed E-state index contributed by atoms with van der Waals surface area (Å²) in [6.07, 6.45) is 6.78. The van der Waals surface area contributed by atoms with E-state index in [9.17, 15) is 4.79 Å². The third-order valence-electron chi connectivity index (χ3n) is 3.26. The first-order chi connectivity index (χ1) is 8.16. The van der Waals surface area contributed by atoms with Gasteiger partial charge in [-0.25, -0.2) is 4.79 Å². The maximum Gasteiger partial charge on any atom is 0.345 e. The summed E-state index contributed by atoms with van der Waals surface area (Å²) >= 11 is 3.40. The minimum Gasteiger partial charge on any atom is -0.477 e. The summed E-state index contributed by atoms with van der Waals surface area (Å²) in [6, 6.07) is 1.85. The molecule has 1 aromatic heterocycles. The van der Waals surface area contributed by atoms with Crippen molar-refractivity contribution in [1.82, 2.24) is 0 Å². The first kappa shape index (κ1) is 13.0. The lowest BCUT2D eigenvalue weighted by Gasteiger charge is -2.20. The van der Waals surface area contributed by atoms with Crippen LogP contribution in [0.25, 0.3) is 0 Å². The fraction of sp³-hybridized carbons (Fsp3) is 0.615. The fourth-order valence-corrected chi connectivity index (χ4v) is 4.56. The van der Waals surface area contributed by atoms with Crippen molar-refractivity contribution in [3.8, 4) is 0 Å². The molecule has 0 spiro atoms. The molecule has 0 aliphatic heterocycles. The molecule has 0 saturated heterocycles. The topological polar surface area (TPSA) is 37.3 Å². The second-order valence-electron chi connectivity index (χ2n) is 4.57. The fourth-order valence-electron chi connectivity index (χ4n) is 2.21. The Hall–Kier alpha value is -0.480. The highest BCUT2D eigenvalue weighted by Crippen LogP contribution is 2.33. The molecule has 1 fully saturated rings. The number of thiophene rings is 1. The maximum atomic E-state index is 10.9. The van der Waals surface area contributed by atoms with E-state index in [1.807, 2.05) is 24.8 Å². The smallest absolute Gasteiger partial charge is 0.345 e. The zero-order valence-electron chi connectivity index (χ0n) is 10.1. The molecule has 0 amide bonds. The van der Waals surface area contributed by atoms with E-state index >= 15 is 0 Å². The molecular formula is C13H18O2S2. The van der Waals surface area contributed by atoms with E-state index in [2.05, 4.69) is 0 Å². The van der Waals surface area contributed by atoms with Crippen LogP contribution in [0.4, 0.5) is 0 Å². The summed E-state index contributed by atoms with van der Waals surface area (Å²) in [5.41, 5.74) is 1.21. The first-order valence-corrected chi connectivity index (χ1v) is 7.97. The van der Waals surface area contributed by atoms with Crippen LogP contribution < -0.4 is 0 Å². The summed E-state index contributed by atoms with van der Waals surface area (Å²) in [7, 11) is 0. The molecule has 0 radical (unpaired) electrons. The van der Waals surface area contributed by atoms with Crippen LogP contribution in [0.5, 0.6) is 0 Å². The molecule has 1 heterocycles. The van der Waals surface area contributed by atoms with E-state index < -0.39 is 5.97 Å². The molecule has 17 heavy (non-hydrogen) atoms. The number of aromatic carboxylic acids is 1. The Kier molecular flexibility index (Phi) is 4.51. The number of thioether (sulfide) groups is 1. The number of hydrogen-bond donors (Lipinski definition) is 1. The van der Waals surface area contributed by atoms with Gasteiger partial charge in [-0.1, -0.05) is 19.3 Å². The molecule has 1 aliphatic carbocycles.